The molecule has 4 aromatic carbocycles. The number of nitrogens with zero attached hydrogens (tertiary/aromatic N) is 3. The molecule has 1 aromatic heterocycles. The number of allylic oxidation sites excluding steroid dienone is 1. The summed E-state index contributed by atoms with van der Waals surface area (Å²) >= 11 is 0. The highest BCUT2D eigenvalue weighted by molar-refractivity contribution is 6.43. The van der Waals surface area contributed by atoms with Crippen molar-refractivity contribution in [2.75, 3.05) is 19.8 Å². The van der Waals surface area contributed by atoms with Crippen molar-refractivity contribution in [3.8, 4) is 33.9 Å². The third-order valence-electron chi connectivity index (χ3n) is 8.51. The minimum atomic E-state index is -2.95. The van der Waals surface area contributed by atoms with Gasteiger partial charge in [-0.2, -0.15) is 0 Å². The molecule has 0 fully saturated rings. The van der Waals surface area contributed by atoms with Crippen LogP contribution < -0.4 is 14.8 Å². The number of nitrogens with one attached hydrogen (secondary N) is 1. The van der Waals surface area contributed by atoms with E-state index in [9.17, 15) is 9.59 Å². The van der Waals surface area contributed by atoms with Gasteiger partial charge in [-0.3, -0.25) is 8.63 Å². The number of aliphatic imine (C=N–C) groups is 2. The van der Waals surface area contributed by atoms with Gasteiger partial charge in [0.2, 0.25) is 0 Å². The molecule has 10 nitrogen and oxygen atoms in total. The Hall–Kier alpha value is -6.50. The second-order valence-corrected chi connectivity index (χ2v) is 13.9. The normalized spacial score (nSPS) is 13.2. The first-order chi connectivity index (χ1) is 26.9. The Morgan fingerprint density at radius 3 is 2.02 bits per heavy atom. The smallest absolute Gasteiger partial charge is 0.494 e. The summed E-state index contributed by atoms with van der Waals surface area (Å²) in [6, 6.07) is 34.2. The van der Waals surface area contributed by atoms with E-state index in [1.807, 2.05) is 66.7 Å². The van der Waals surface area contributed by atoms with E-state index in [-0.39, 0.29) is 17.3 Å². The largest absolute Gasteiger partial charge is 0.679 e. The SMILES string of the molecule is CC(C)(C)OC(=O)NCCCCOc1ccc(-c2cc(-c3ccccc3)c(/N=C3\N=C(c4ccccc4)C=C3c3ccc(OCC(=O)O)cc3)n2B(F)F)cc1. The number of aromatic nitrogens is 1. The first-order valence-corrected chi connectivity index (χ1v) is 18.1. The fraction of sp³-hybridized carbons (Fsp3) is 0.209. The monoisotopic (exact) mass is 758 g/mol. The molecular weight excluding hydrogens is 717 g/mol. The van der Waals surface area contributed by atoms with Gasteiger partial charge < -0.3 is 29.1 Å². The third kappa shape index (κ3) is 10.2. The molecule has 1 aliphatic heterocycles. The number of halogens is 2. The number of alkyl carbamates (subject to hydrolysis) is 1. The topological polar surface area (TPSA) is 124 Å². The fourth-order valence-electron chi connectivity index (χ4n) is 5.96. The number of amidine groups is 1. The Bertz CT molecular complexity index is 2230. The molecule has 0 bridgehead atoms. The van der Waals surface area contributed by atoms with Gasteiger partial charge in [-0.15, -0.1) is 0 Å². The summed E-state index contributed by atoms with van der Waals surface area (Å²) in [5.41, 5.74) is 4.14. The Morgan fingerprint density at radius 1 is 0.804 bits per heavy atom. The van der Waals surface area contributed by atoms with Gasteiger partial charge in [0.05, 0.1) is 12.3 Å². The van der Waals surface area contributed by atoms with Crippen LogP contribution in [0.3, 0.4) is 0 Å². The highest BCUT2D eigenvalue weighted by Gasteiger charge is 2.30. The van der Waals surface area contributed by atoms with Gasteiger partial charge in [0.25, 0.3) is 0 Å². The van der Waals surface area contributed by atoms with E-state index in [1.165, 1.54) is 0 Å². The molecule has 13 heteroatoms. The molecule has 0 aliphatic carbocycles. The van der Waals surface area contributed by atoms with E-state index in [1.54, 1.807) is 75.4 Å². The van der Waals surface area contributed by atoms with Crippen molar-refractivity contribution in [1.29, 1.82) is 0 Å². The minimum absolute atomic E-state index is 0.0295. The molecule has 56 heavy (non-hydrogen) atoms. The van der Waals surface area contributed by atoms with E-state index in [0.717, 1.165) is 10.0 Å². The number of carboxylic acids is 1. The van der Waals surface area contributed by atoms with E-state index in [0.29, 0.717) is 71.0 Å². The van der Waals surface area contributed by atoms with Crippen molar-refractivity contribution in [3.63, 3.8) is 0 Å². The van der Waals surface area contributed by atoms with Gasteiger partial charge in [0.1, 0.15) is 22.9 Å². The number of carboxylic acid groups (broad SMARTS) is 1. The number of rotatable bonds is 15. The number of hydrogen-bond acceptors (Lipinski definition) is 6. The van der Waals surface area contributed by atoms with Gasteiger partial charge in [-0.1, -0.05) is 72.8 Å². The summed E-state index contributed by atoms with van der Waals surface area (Å²) in [6.07, 6.45) is 2.77. The Morgan fingerprint density at radius 2 is 1.41 bits per heavy atom. The van der Waals surface area contributed by atoms with Crippen LogP contribution in [0.1, 0.15) is 44.7 Å². The van der Waals surface area contributed by atoms with Gasteiger partial charge >= 0.3 is 19.5 Å². The van der Waals surface area contributed by atoms with Crippen LogP contribution in [0.15, 0.2) is 131 Å². The zero-order valence-electron chi connectivity index (χ0n) is 31.2. The average Bonchev–Trinajstić information content (AvgIpc) is 3.78. The van der Waals surface area contributed by atoms with Crippen LogP contribution >= 0.6 is 0 Å². The molecule has 0 spiro atoms. The standard InChI is InChI=1S/C43H41BF2N4O6/c1-43(2,3)56-42(53)47-24-10-11-25-54-33-22-18-32(19-23-33)38-27-36(29-12-6-4-7-13-29)41(50(38)44(45)46)49-40-35(26-37(48-40)31-14-8-5-9-15-31)30-16-20-34(21-17-30)55-28-39(51)52/h4-9,12-23,26-27H,10-11,24-25,28H2,1-3H3,(H,47,53)(H,51,52)/b49-40-. The summed E-state index contributed by atoms with van der Waals surface area (Å²) in [6.45, 7) is 5.78. The molecule has 0 atom stereocenters. The molecule has 2 heterocycles. The van der Waals surface area contributed by atoms with Crippen LogP contribution in [0.5, 0.6) is 11.5 Å². The fourth-order valence-corrected chi connectivity index (χ4v) is 5.96. The molecular formula is C43H41BF2N4O6. The van der Waals surface area contributed by atoms with Crippen molar-refractivity contribution >= 4 is 42.4 Å². The average molecular weight is 759 g/mol. The zero-order chi connectivity index (χ0) is 39.7. The van der Waals surface area contributed by atoms with Gasteiger partial charge in [0.15, 0.2) is 12.4 Å². The van der Waals surface area contributed by atoms with Crippen LogP contribution in [-0.2, 0) is 9.53 Å². The van der Waals surface area contributed by atoms with E-state index >= 15 is 8.63 Å². The van der Waals surface area contributed by atoms with Crippen molar-refractivity contribution in [1.82, 2.24) is 9.79 Å². The van der Waals surface area contributed by atoms with E-state index in [4.69, 9.17) is 29.3 Å². The Kier molecular flexibility index (Phi) is 12.4. The number of benzene rings is 4. The molecule has 0 unspecified atom stereocenters. The molecule has 1 amide bonds. The molecule has 2 N–H and O–H groups in total. The lowest BCUT2D eigenvalue weighted by Gasteiger charge is -2.19. The maximum Gasteiger partial charge on any atom is 0.679 e. The van der Waals surface area contributed by atoms with Crippen LogP contribution in [0.25, 0.3) is 28.0 Å². The zero-order valence-corrected chi connectivity index (χ0v) is 31.2. The number of carbonyl (C=O) groups is 2. The maximum atomic E-state index is 15.3. The lowest BCUT2D eigenvalue weighted by molar-refractivity contribution is -0.139. The molecule has 0 radical (unpaired) electrons. The molecule has 6 rings (SSSR count). The Labute approximate surface area is 324 Å². The summed E-state index contributed by atoms with van der Waals surface area (Å²) in [7, 11) is -2.95. The molecule has 1 aliphatic rings. The highest BCUT2D eigenvalue weighted by Crippen LogP contribution is 2.41. The first kappa shape index (κ1) is 39.2. The van der Waals surface area contributed by atoms with Crippen molar-refractivity contribution in [2.45, 2.75) is 39.2 Å². The Balaban J connectivity index is 1.30. The number of hydrogen-bond donors (Lipinski definition) is 2. The van der Waals surface area contributed by atoms with E-state index < -0.39 is 31.7 Å². The second-order valence-electron chi connectivity index (χ2n) is 13.9. The van der Waals surface area contributed by atoms with E-state index in [2.05, 4.69) is 5.32 Å². The number of carbonyl (C=O) groups excluding carboxylic acids is 1. The highest BCUT2D eigenvalue weighted by atomic mass is 19.2. The molecule has 0 saturated heterocycles. The number of amides is 1. The summed E-state index contributed by atoms with van der Waals surface area (Å²) in [4.78, 5) is 32.6. The van der Waals surface area contributed by atoms with Crippen LogP contribution in [0, 0.1) is 0 Å². The second kappa shape index (κ2) is 17.8. The third-order valence-corrected chi connectivity index (χ3v) is 8.51. The summed E-state index contributed by atoms with van der Waals surface area (Å²) in [5.74, 6) is 0.111. The van der Waals surface area contributed by atoms with Gasteiger partial charge in [0, 0.05) is 28.9 Å². The molecule has 5 aromatic rings. The van der Waals surface area contributed by atoms with Crippen LogP contribution in [0.4, 0.5) is 19.2 Å². The number of unbranched alkanes of at least 4 members (excludes halogenated alkanes) is 1. The van der Waals surface area contributed by atoms with Gasteiger partial charge in [-0.25, -0.2) is 19.6 Å². The summed E-state index contributed by atoms with van der Waals surface area (Å²) < 4.78 is 48.0. The quantitative estimate of drug-likeness (QED) is 0.0811. The maximum absolute atomic E-state index is 15.3. The van der Waals surface area contributed by atoms with Crippen molar-refractivity contribution in [2.24, 2.45) is 9.98 Å². The van der Waals surface area contributed by atoms with Crippen LogP contribution in [0.2, 0.25) is 0 Å². The van der Waals surface area contributed by atoms with Crippen LogP contribution in [-0.4, -0.2) is 66.0 Å². The van der Waals surface area contributed by atoms with Gasteiger partial charge in [-0.05, 0) is 98.8 Å². The predicted octanol–water partition coefficient (Wildman–Crippen LogP) is 9.36. The molecule has 0 saturated carbocycles. The lowest BCUT2D eigenvalue weighted by atomic mass is 10.0. The number of aliphatic carboxylic acids is 1. The number of ether oxygens (including phenoxy) is 3. The summed E-state index contributed by atoms with van der Waals surface area (Å²) in [5, 5.41) is 11.7. The predicted molar refractivity (Wildman–Crippen MR) is 215 cm³/mol. The van der Waals surface area contributed by atoms with Crippen molar-refractivity contribution < 1.29 is 37.5 Å². The lowest BCUT2D eigenvalue weighted by Crippen LogP contribution is -2.33. The molecule has 286 valence electrons. The first-order valence-electron chi connectivity index (χ1n) is 18.1. The minimum Gasteiger partial charge on any atom is -0.494 e. The van der Waals surface area contributed by atoms with Crippen molar-refractivity contribution in [3.05, 3.63) is 132 Å².